The zero-order chi connectivity index (χ0) is 17.9. The van der Waals surface area contributed by atoms with Crippen LogP contribution in [0.3, 0.4) is 0 Å². The highest BCUT2D eigenvalue weighted by atomic mass is 79.9. The Kier molecular flexibility index (Phi) is 5.64. The molecule has 0 aliphatic heterocycles. The molecule has 0 spiro atoms. The maximum Gasteiger partial charge on any atom is 0.327 e. The predicted octanol–water partition coefficient (Wildman–Crippen LogP) is 3.25. The fourth-order valence-electron chi connectivity index (χ4n) is 2.23. The van der Waals surface area contributed by atoms with Gasteiger partial charge in [-0.1, -0.05) is 15.9 Å². The second kappa shape index (κ2) is 7.34. The summed E-state index contributed by atoms with van der Waals surface area (Å²) in [6.45, 7) is 7.66. The van der Waals surface area contributed by atoms with Gasteiger partial charge in [0.25, 0.3) is 0 Å². The number of nitrogens with zero attached hydrogens (tertiary/aromatic N) is 2. The van der Waals surface area contributed by atoms with Gasteiger partial charge in [-0.05, 0) is 45.4 Å². The van der Waals surface area contributed by atoms with Crippen LogP contribution < -0.4 is 0 Å². The third-order valence-corrected chi connectivity index (χ3v) is 3.81. The molecule has 0 saturated heterocycles. The number of ether oxygens (including phenoxy) is 2. The number of rotatable bonds is 5. The Morgan fingerprint density at radius 1 is 1.25 bits per heavy atom. The van der Waals surface area contributed by atoms with Gasteiger partial charge >= 0.3 is 11.9 Å². The van der Waals surface area contributed by atoms with Crippen molar-refractivity contribution in [2.75, 3.05) is 6.61 Å². The number of benzene rings is 1. The summed E-state index contributed by atoms with van der Waals surface area (Å²) in [6.07, 6.45) is 1.92. The number of carbonyl (C=O) groups excluding carboxylic acids is 2. The molecular weight excluding hydrogens is 376 g/mol. The van der Waals surface area contributed by atoms with Crippen LogP contribution >= 0.6 is 15.9 Å². The third kappa shape index (κ3) is 5.06. The number of carbonyl (C=O) groups is 2. The first-order valence-corrected chi connectivity index (χ1v) is 8.50. The number of halogens is 1. The maximum absolute atomic E-state index is 12.0. The summed E-state index contributed by atoms with van der Waals surface area (Å²) in [5.41, 5.74) is 1.03. The Balaban J connectivity index is 2.19. The van der Waals surface area contributed by atoms with Crippen molar-refractivity contribution in [1.29, 1.82) is 0 Å². The zero-order valence-electron chi connectivity index (χ0n) is 14.3. The lowest BCUT2D eigenvalue weighted by Crippen LogP contribution is -2.25. The highest BCUT2D eigenvalue weighted by Crippen LogP contribution is 2.25. The van der Waals surface area contributed by atoms with E-state index < -0.39 is 5.60 Å². The van der Waals surface area contributed by atoms with Gasteiger partial charge in [0.2, 0.25) is 0 Å². The fourth-order valence-corrected chi connectivity index (χ4v) is 2.70. The highest BCUT2D eigenvalue weighted by Gasteiger charge is 2.18. The van der Waals surface area contributed by atoms with Gasteiger partial charge in [-0.15, -0.1) is 0 Å². The molecule has 130 valence electrons. The molecule has 1 aromatic carbocycles. The lowest BCUT2D eigenvalue weighted by molar-refractivity contribution is -0.154. The molecule has 0 fully saturated rings. The predicted molar refractivity (Wildman–Crippen MR) is 93.6 cm³/mol. The van der Waals surface area contributed by atoms with Crippen molar-refractivity contribution >= 4 is 38.8 Å². The largest absolute Gasteiger partial charge is 0.465 e. The molecule has 0 bridgehead atoms. The summed E-state index contributed by atoms with van der Waals surface area (Å²) < 4.78 is 12.6. The summed E-state index contributed by atoms with van der Waals surface area (Å²) in [4.78, 5) is 23.6. The van der Waals surface area contributed by atoms with Crippen molar-refractivity contribution in [2.45, 2.75) is 46.3 Å². The van der Waals surface area contributed by atoms with Gasteiger partial charge in [-0.3, -0.25) is 14.3 Å². The van der Waals surface area contributed by atoms with E-state index in [0.717, 1.165) is 20.9 Å². The van der Waals surface area contributed by atoms with Crippen LogP contribution in [0.15, 0.2) is 22.8 Å². The number of esters is 2. The van der Waals surface area contributed by atoms with Gasteiger partial charge in [0.1, 0.15) is 12.1 Å². The quantitative estimate of drug-likeness (QED) is 0.725. The van der Waals surface area contributed by atoms with Crippen molar-refractivity contribution in [3.8, 4) is 0 Å². The Bertz CT molecular complexity index is 762. The van der Waals surface area contributed by atoms with Crippen LogP contribution in [0.25, 0.3) is 10.9 Å². The fraction of sp³-hybridized carbons (Fsp3) is 0.471. The first-order chi connectivity index (χ1) is 11.2. The van der Waals surface area contributed by atoms with Gasteiger partial charge in [-0.2, -0.15) is 5.10 Å². The van der Waals surface area contributed by atoms with Crippen molar-refractivity contribution in [2.24, 2.45) is 0 Å². The van der Waals surface area contributed by atoms with Crippen LogP contribution in [0.1, 0.15) is 33.3 Å². The van der Waals surface area contributed by atoms with Crippen LogP contribution in [0, 0.1) is 0 Å². The Morgan fingerprint density at radius 3 is 2.58 bits per heavy atom. The van der Waals surface area contributed by atoms with E-state index in [2.05, 4.69) is 21.0 Å². The Hall–Kier alpha value is -1.89. The number of hydrogen-bond donors (Lipinski definition) is 0. The lowest BCUT2D eigenvalue weighted by Gasteiger charge is -2.19. The first-order valence-electron chi connectivity index (χ1n) is 7.71. The molecule has 0 aliphatic rings. The minimum Gasteiger partial charge on any atom is -0.465 e. The smallest absolute Gasteiger partial charge is 0.327 e. The molecule has 0 amide bonds. The van der Waals surface area contributed by atoms with E-state index in [4.69, 9.17) is 9.47 Å². The molecule has 0 unspecified atom stereocenters. The second-order valence-corrected chi connectivity index (χ2v) is 7.25. The zero-order valence-corrected chi connectivity index (χ0v) is 15.8. The summed E-state index contributed by atoms with van der Waals surface area (Å²) >= 11 is 3.46. The molecule has 7 heteroatoms. The van der Waals surface area contributed by atoms with E-state index in [1.54, 1.807) is 13.1 Å². The monoisotopic (exact) mass is 396 g/mol. The van der Waals surface area contributed by atoms with Gasteiger partial charge < -0.3 is 9.47 Å². The van der Waals surface area contributed by atoms with Gasteiger partial charge in [-0.25, -0.2) is 0 Å². The van der Waals surface area contributed by atoms with Crippen molar-refractivity contribution in [3.05, 3.63) is 28.4 Å². The molecule has 2 aromatic rings. The van der Waals surface area contributed by atoms with Gasteiger partial charge in [0.05, 0.1) is 18.5 Å². The van der Waals surface area contributed by atoms with E-state index >= 15 is 0 Å². The number of hydrogen-bond acceptors (Lipinski definition) is 5. The van der Waals surface area contributed by atoms with Crippen molar-refractivity contribution < 1.29 is 19.1 Å². The third-order valence-electron chi connectivity index (χ3n) is 3.07. The topological polar surface area (TPSA) is 70.4 Å². The molecule has 2 rings (SSSR count). The van der Waals surface area contributed by atoms with Crippen molar-refractivity contribution in [1.82, 2.24) is 9.78 Å². The first kappa shape index (κ1) is 18.4. The summed E-state index contributed by atoms with van der Waals surface area (Å²) in [7, 11) is 0. The molecule has 1 aromatic heterocycles. The highest BCUT2D eigenvalue weighted by molar-refractivity contribution is 9.10. The van der Waals surface area contributed by atoms with Gasteiger partial charge in [0, 0.05) is 16.1 Å². The van der Waals surface area contributed by atoms with Crippen LogP contribution in [0.2, 0.25) is 0 Å². The summed E-state index contributed by atoms with van der Waals surface area (Å²) in [5, 5.41) is 5.19. The molecule has 0 N–H and O–H groups in total. The van der Waals surface area contributed by atoms with E-state index in [1.807, 2.05) is 32.9 Å². The van der Waals surface area contributed by atoms with E-state index in [9.17, 15) is 9.59 Å². The summed E-state index contributed by atoms with van der Waals surface area (Å²) in [5.74, 6) is -0.625. The lowest BCUT2D eigenvalue weighted by atomic mass is 10.1. The molecule has 0 aliphatic carbocycles. The van der Waals surface area contributed by atoms with E-state index in [1.165, 1.54) is 4.68 Å². The van der Waals surface area contributed by atoms with Crippen molar-refractivity contribution in [3.63, 3.8) is 0 Å². The standard InChI is InChI=1S/C17H21BrN2O4/c1-5-23-16(22)10-20-9-12-6-11(13(18)8-14(12)19-20)7-15(21)24-17(2,3)4/h6,8-9H,5,7,10H2,1-4H3. The van der Waals surface area contributed by atoms with Crippen LogP contribution in [-0.4, -0.2) is 33.9 Å². The van der Waals surface area contributed by atoms with Gasteiger partial charge in [0.15, 0.2) is 0 Å². The average Bonchev–Trinajstić information content (AvgIpc) is 2.78. The van der Waals surface area contributed by atoms with E-state index in [0.29, 0.717) is 6.61 Å². The molecular formula is C17H21BrN2O4. The normalized spacial score (nSPS) is 11.5. The Morgan fingerprint density at radius 2 is 1.96 bits per heavy atom. The Labute approximate surface area is 149 Å². The summed E-state index contributed by atoms with van der Waals surface area (Å²) in [6, 6.07) is 3.70. The molecule has 0 radical (unpaired) electrons. The van der Waals surface area contributed by atoms with Crippen LogP contribution in [0.5, 0.6) is 0 Å². The molecule has 0 atom stereocenters. The SMILES string of the molecule is CCOC(=O)Cn1cc2cc(CC(=O)OC(C)(C)C)c(Br)cc2n1. The average molecular weight is 397 g/mol. The maximum atomic E-state index is 12.0. The van der Waals surface area contributed by atoms with Crippen LogP contribution in [0.4, 0.5) is 0 Å². The number of aromatic nitrogens is 2. The minimum atomic E-state index is -0.516. The second-order valence-electron chi connectivity index (χ2n) is 6.40. The van der Waals surface area contributed by atoms with Crippen LogP contribution in [-0.2, 0) is 32.0 Å². The number of fused-ring (bicyclic) bond motifs is 1. The molecule has 0 saturated carbocycles. The minimum absolute atomic E-state index is 0.0571. The molecule has 24 heavy (non-hydrogen) atoms. The molecule has 6 nitrogen and oxygen atoms in total. The van der Waals surface area contributed by atoms with E-state index in [-0.39, 0.29) is 24.9 Å². The molecule has 1 heterocycles.